The molecule has 0 bridgehead atoms. The van der Waals surface area contributed by atoms with E-state index in [4.69, 9.17) is 11.4 Å². The monoisotopic (exact) mass is 434 g/mol. The van der Waals surface area contributed by atoms with E-state index in [0.717, 1.165) is 34.0 Å². The molecule has 0 amide bonds. The molecule has 0 aliphatic carbocycles. The van der Waals surface area contributed by atoms with Gasteiger partial charge in [-0.2, -0.15) is 4.99 Å². The molecular weight excluding hydrogens is 415 g/mol. The van der Waals surface area contributed by atoms with Gasteiger partial charge in [0, 0.05) is 36.1 Å². The lowest BCUT2D eigenvalue weighted by Crippen LogP contribution is -2.42. The predicted molar refractivity (Wildman–Crippen MR) is 123 cm³/mol. The van der Waals surface area contributed by atoms with Crippen LogP contribution >= 0.6 is 0 Å². The summed E-state index contributed by atoms with van der Waals surface area (Å²) >= 11 is 0. The molecule has 1 aliphatic heterocycles. The summed E-state index contributed by atoms with van der Waals surface area (Å²) in [6.45, 7) is 0. The number of terminal acetylenes is 1. The van der Waals surface area contributed by atoms with Crippen LogP contribution in [0.15, 0.2) is 83.9 Å². The first-order valence-corrected chi connectivity index (χ1v) is 9.75. The number of amidine groups is 1. The Morgan fingerprint density at radius 3 is 2.03 bits per heavy atom. The molecule has 0 saturated carbocycles. The summed E-state index contributed by atoms with van der Waals surface area (Å²) in [6.07, 6.45) is 6.13. The van der Waals surface area contributed by atoms with Gasteiger partial charge in [-0.05, 0) is 17.7 Å². The van der Waals surface area contributed by atoms with Gasteiger partial charge in [0.2, 0.25) is 0 Å². The van der Waals surface area contributed by atoms with Crippen molar-refractivity contribution in [2.24, 2.45) is 4.99 Å². The summed E-state index contributed by atoms with van der Waals surface area (Å²) in [5.41, 5.74) is 5.20. The smallest absolute Gasteiger partial charge is 0.418 e. The predicted octanol–water partition coefficient (Wildman–Crippen LogP) is 6.53. The van der Waals surface area contributed by atoms with Crippen molar-refractivity contribution in [3.63, 3.8) is 0 Å². The Balaban J connectivity index is 0.000000523. The average Bonchev–Trinajstić information content (AvgIpc) is 3.07. The minimum atomic E-state index is -6.00. The maximum Gasteiger partial charge on any atom is 0.673 e. The van der Waals surface area contributed by atoms with Crippen LogP contribution in [-0.4, -0.2) is 20.1 Å². The molecule has 0 N–H and O–H groups in total. The fraction of sp³-hybridized carbons (Fsp3) is 0.0800. The summed E-state index contributed by atoms with van der Waals surface area (Å²) in [6, 6.07) is 26.5. The Hall–Kier alpha value is -3.81. The number of aliphatic imine (C=N–C) groups is 1. The number of quaternary nitrogens is 1. The first-order valence-electron chi connectivity index (χ1n) is 9.75. The van der Waals surface area contributed by atoms with Crippen molar-refractivity contribution >= 4 is 30.2 Å². The van der Waals surface area contributed by atoms with Gasteiger partial charge < -0.3 is 17.3 Å². The zero-order valence-electron chi connectivity index (χ0n) is 17.3. The highest BCUT2D eigenvalue weighted by Crippen LogP contribution is 2.46. The molecule has 3 aromatic carbocycles. The maximum atomic E-state index is 9.75. The van der Waals surface area contributed by atoms with Crippen LogP contribution in [-0.2, 0) is 6.42 Å². The van der Waals surface area contributed by atoms with Crippen LogP contribution in [0.1, 0.15) is 11.1 Å². The highest BCUT2D eigenvalue weighted by Gasteiger charge is 2.42. The van der Waals surface area contributed by atoms with Crippen molar-refractivity contribution in [2.75, 3.05) is 7.05 Å². The second-order valence-electron chi connectivity index (χ2n) is 7.05. The molecule has 1 atom stereocenters. The van der Waals surface area contributed by atoms with Crippen LogP contribution in [0.5, 0.6) is 0 Å². The van der Waals surface area contributed by atoms with E-state index in [1.54, 1.807) is 0 Å². The quantitative estimate of drug-likeness (QED) is 0.188. The highest BCUT2D eigenvalue weighted by molar-refractivity contribution is 6.50. The van der Waals surface area contributed by atoms with E-state index < -0.39 is 7.25 Å². The first-order chi connectivity index (χ1) is 15.2. The molecule has 1 aliphatic rings. The standard InChI is InChI=1S/C25H19N2.BF4/c1-3-11-21-14-10-17-23-25(21)26-24(19-18-20-12-6-4-7-13-20)27(23,2)22-15-8-5-9-16-22;2-1(3,4)5/h1,4-10,12-17H,11H2,2H3;/q+1;-1. The summed E-state index contributed by atoms with van der Waals surface area (Å²) < 4.78 is 39.4. The number of hydrogen-bond acceptors (Lipinski definition) is 1. The van der Waals surface area contributed by atoms with Gasteiger partial charge in [-0.3, -0.25) is 0 Å². The summed E-state index contributed by atoms with van der Waals surface area (Å²) in [5, 5.41) is 0. The molecule has 0 saturated heterocycles. The number of para-hydroxylation sites is 2. The van der Waals surface area contributed by atoms with Gasteiger partial charge in [0.05, 0.1) is 7.05 Å². The van der Waals surface area contributed by atoms with Crippen LogP contribution in [0, 0.1) is 24.2 Å². The topological polar surface area (TPSA) is 12.4 Å². The summed E-state index contributed by atoms with van der Waals surface area (Å²) in [4.78, 5) is 4.93. The van der Waals surface area contributed by atoms with E-state index >= 15 is 0 Å². The molecule has 7 heteroatoms. The number of rotatable bonds is 2. The molecule has 2 nitrogen and oxygen atoms in total. The van der Waals surface area contributed by atoms with E-state index in [1.165, 1.54) is 0 Å². The maximum absolute atomic E-state index is 9.75. The van der Waals surface area contributed by atoms with Gasteiger partial charge in [0.25, 0.3) is 5.84 Å². The Bertz CT molecular complexity index is 1210. The molecule has 0 aromatic heterocycles. The van der Waals surface area contributed by atoms with Crippen molar-refractivity contribution in [1.82, 2.24) is 4.48 Å². The average molecular weight is 434 g/mol. The summed E-state index contributed by atoms with van der Waals surface area (Å²) in [7, 11) is -3.86. The molecule has 0 fully saturated rings. The Morgan fingerprint density at radius 2 is 1.44 bits per heavy atom. The fourth-order valence-electron chi connectivity index (χ4n) is 3.42. The van der Waals surface area contributed by atoms with E-state index in [1.807, 2.05) is 60.7 Å². The third kappa shape index (κ3) is 5.27. The minimum Gasteiger partial charge on any atom is -0.418 e. The molecule has 0 radical (unpaired) electrons. The number of fused-ring (bicyclic) bond motifs is 1. The fourth-order valence-corrected chi connectivity index (χ4v) is 3.42. The lowest BCUT2D eigenvalue weighted by Gasteiger charge is -2.28. The van der Waals surface area contributed by atoms with E-state index in [-0.39, 0.29) is 0 Å². The van der Waals surface area contributed by atoms with Gasteiger partial charge in [0.1, 0.15) is 11.4 Å². The van der Waals surface area contributed by atoms with Gasteiger partial charge in [-0.1, -0.05) is 54.5 Å². The van der Waals surface area contributed by atoms with E-state index in [9.17, 15) is 17.3 Å². The molecule has 1 heterocycles. The minimum absolute atomic E-state index is 0.439. The number of hydrogen-bond donors (Lipinski definition) is 0. The third-order valence-corrected chi connectivity index (χ3v) is 4.88. The molecule has 4 rings (SSSR count). The normalized spacial score (nSPS) is 16.4. The van der Waals surface area contributed by atoms with Gasteiger partial charge in [0.15, 0.2) is 5.69 Å². The lowest BCUT2D eigenvalue weighted by molar-refractivity contribution is 0.368. The molecule has 160 valence electrons. The van der Waals surface area contributed by atoms with Crippen LogP contribution < -0.4 is 4.48 Å². The highest BCUT2D eigenvalue weighted by atomic mass is 19.5. The summed E-state index contributed by atoms with van der Waals surface area (Å²) in [5.74, 6) is 10.1. The molecule has 3 aromatic rings. The van der Waals surface area contributed by atoms with Crippen molar-refractivity contribution in [1.29, 1.82) is 0 Å². The molecule has 32 heavy (non-hydrogen) atoms. The van der Waals surface area contributed by atoms with Crippen molar-refractivity contribution in [3.8, 4) is 24.2 Å². The second kappa shape index (κ2) is 9.55. The van der Waals surface area contributed by atoms with Crippen LogP contribution in [0.25, 0.3) is 0 Å². The SMILES string of the molecule is C#CCc1cccc2c1N=C(C#Cc1ccccc1)[N+]2(C)c1ccccc1.F[B-](F)(F)F. The van der Waals surface area contributed by atoms with E-state index in [0.29, 0.717) is 10.9 Å². The Kier molecular flexibility index (Phi) is 6.83. The van der Waals surface area contributed by atoms with Gasteiger partial charge in [-0.25, -0.2) is 4.48 Å². The molecule has 0 spiro atoms. The lowest BCUT2D eigenvalue weighted by atomic mass is 10.1. The third-order valence-electron chi connectivity index (χ3n) is 4.88. The van der Waals surface area contributed by atoms with Gasteiger partial charge >= 0.3 is 7.25 Å². The second-order valence-corrected chi connectivity index (χ2v) is 7.05. The van der Waals surface area contributed by atoms with Gasteiger partial charge in [-0.15, -0.1) is 12.3 Å². The Labute approximate surface area is 184 Å². The molecular formula is C25H19BF4N2. The molecule has 1 unspecified atom stereocenters. The largest absolute Gasteiger partial charge is 0.673 e. The number of halogens is 4. The van der Waals surface area contributed by atoms with Crippen molar-refractivity contribution in [2.45, 2.75) is 6.42 Å². The zero-order chi connectivity index (χ0) is 23.2. The van der Waals surface area contributed by atoms with Crippen LogP contribution in [0.2, 0.25) is 0 Å². The number of benzene rings is 3. The van der Waals surface area contributed by atoms with Crippen LogP contribution in [0.3, 0.4) is 0 Å². The van der Waals surface area contributed by atoms with Crippen LogP contribution in [0.4, 0.5) is 34.3 Å². The number of nitrogens with zero attached hydrogens (tertiary/aromatic N) is 2. The van der Waals surface area contributed by atoms with Crippen molar-refractivity contribution < 1.29 is 17.3 Å². The van der Waals surface area contributed by atoms with E-state index in [2.05, 4.69) is 43.0 Å². The Morgan fingerprint density at radius 1 is 0.844 bits per heavy atom. The zero-order valence-corrected chi connectivity index (χ0v) is 17.3. The van der Waals surface area contributed by atoms with Crippen molar-refractivity contribution in [3.05, 3.63) is 90.0 Å². The first kappa shape index (κ1) is 22.9.